The first-order valence-corrected chi connectivity index (χ1v) is 5.01. The predicted octanol–water partition coefficient (Wildman–Crippen LogP) is 2.63. The molecule has 0 aliphatic rings. The molecule has 0 amide bonds. The van der Waals surface area contributed by atoms with Gasteiger partial charge in [-0.1, -0.05) is 0 Å². The average Bonchev–Trinajstić information content (AvgIpc) is 2.23. The lowest BCUT2D eigenvalue weighted by molar-refractivity contribution is 0.621. The van der Waals surface area contributed by atoms with Crippen LogP contribution in [-0.2, 0) is 0 Å². The van der Waals surface area contributed by atoms with Crippen molar-refractivity contribution in [2.75, 3.05) is 5.73 Å². The second-order valence-corrected chi connectivity index (χ2v) is 3.83. The molecule has 5 heteroatoms. The highest BCUT2D eigenvalue weighted by molar-refractivity contribution is 9.10. The predicted molar refractivity (Wildman–Crippen MR) is 59.5 cm³/mol. The molecule has 0 saturated carbocycles. The summed E-state index contributed by atoms with van der Waals surface area (Å²) in [6, 6.07) is 8.05. The monoisotopic (exact) mass is 267 g/mol. The standard InChI is InChI=1S/C10H7BrFN3/c11-7-5-6(1-2-8(7)12)9-3-4-10(13)15-14-9/h1-5H,(H2,13,15). The molecular formula is C10H7BrFN3. The lowest BCUT2D eigenvalue weighted by Gasteiger charge is -2.01. The molecule has 2 N–H and O–H groups in total. The molecule has 1 aromatic carbocycles. The van der Waals surface area contributed by atoms with E-state index in [1.54, 1.807) is 24.3 Å². The average molecular weight is 268 g/mol. The number of hydrogen-bond acceptors (Lipinski definition) is 3. The summed E-state index contributed by atoms with van der Waals surface area (Å²) < 4.78 is 13.4. The fourth-order valence-electron chi connectivity index (χ4n) is 1.15. The van der Waals surface area contributed by atoms with Gasteiger partial charge in [-0.15, -0.1) is 10.2 Å². The van der Waals surface area contributed by atoms with Gasteiger partial charge in [0.05, 0.1) is 10.2 Å². The molecule has 15 heavy (non-hydrogen) atoms. The number of nitrogen functional groups attached to an aromatic ring is 1. The van der Waals surface area contributed by atoms with Crippen LogP contribution in [0.3, 0.4) is 0 Å². The lowest BCUT2D eigenvalue weighted by Crippen LogP contribution is -1.93. The summed E-state index contributed by atoms with van der Waals surface area (Å²) in [5.41, 5.74) is 6.86. The zero-order valence-electron chi connectivity index (χ0n) is 7.61. The van der Waals surface area contributed by atoms with E-state index in [0.717, 1.165) is 5.56 Å². The Balaban J connectivity index is 2.45. The fourth-order valence-corrected chi connectivity index (χ4v) is 1.53. The summed E-state index contributed by atoms with van der Waals surface area (Å²) >= 11 is 3.11. The number of rotatable bonds is 1. The highest BCUT2D eigenvalue weighted by Gasteiger charge is 2.04. The van der Waals surface area contributed by atoms with E-state index in [-0.39, 0.29) is 5.82 Å². The van der Waals surface area contributed by atoms with Crippen molar-refractivity contribution in [2.45, 2.75) is 0 Å². The smallest absolute Gasteiger partial charge is 0.146 e. The quantitative estimate of drug-likeness (QED) is 0.864. The van der Waals surface area contributed by atoms with Gasteiger partial charge in [-0.25, -0.2) is 4.39 Å². The first-order valence-electron chi connectivity index (χ1n) is 4.21. The van der Waals surface area contributed by atoms with Crippen molar-refractivity contribution in [3.63, 3.8) is 0 Å². The number of nitrogens with zero attached hydrogens (tertiary/aromatic N) is 2. The molecule has 0 bridgehead atoms. The number of hydrogen-bond donors (Lipinski definition) is 1. The van der Waals surface area contributed by atoms with Crippen molar-refractivity contribution in [1.82, 2.24) is 10.2 Å². The molecule has 0 radical (unpaired) electrons. The molecule has 0 atom stereocenters. The van der Waals surface area contributed by atoms with Crippen molar-refractivity contribution in [1.29, 1.82) is 0 Å². The second kappa shape index (κ2) is 3.94. The van der Waals surface area contributed by atoms with Gasteiger partial charge in [0, 0.05) is 5.56 Å². The normalized spacial score (nSPS) is 10.3. The molecule has 0 saturated heterocycles. The lowest BCUT2D eigenvalue weighted by atomic mass is 10.1. The van der Waals surface area contributed by atoms with Gasteiger partial charge < -0.3 is 5.73 Å². The van der Waals surface area contributed by atoms with Gasteiger partial charge in [-0.05, 0) is 46.3 Å². The Morgan fingerprint density at radius 2 is 1.93 bits per heavy atom. The molecule has 0 aliphatic heterocycles. The molecule has 0 aliphatic carbocycles. The first-order chi connectivity index (χ1) is 7.16. The summed E-state index contributed by atoms with van der Waals surface area (Å²) in [6.45, 7) is 0. The molecule has 2 aromatic rings. The molecule has 0 fully saturated rings. The topological polar surface area (TPSA) is 51.8 Å². The van der Waals surface area contributed by atoms with Crippen LogP contribution < -0.4 is 5.73 Å². The van der Waals surface area contributed by atoms with Crippen LogP contribution in [0.1, 0.15) is 0 Å². The van der Waals surface area contributed by atoms with Crippen LogP contribution in [-0.4, -0.2) is 10.2 Å². The molecular weight excluding hydrogens is 261 g/mol. The molecule has 0 spiro atoms. The van der Waals surface area contributed by atoms with E-state index in [1.165, 1.54) is 6.07 Å². The third kappa shape index (κ3) is 2.12. The minimum absolute atomic E-state index is 0.304. The summed E-state index contributed by atoms with van der Waals surface area (Å²) in [5.74, 6) is 0.0575. The fraction of sp³-hybridized carbons (Fsp3) is 0. The molecule has 2 rings (SSSR count). The van der Waals surface area contributed by atoms with Crippen LogP contribution in [0, 0.1) is 5.82 Å². The van der Waals surface area contributed by atoms with Crippen molar-refractivity contribution in [3.8, 4) is 11.3 Å². The molecule has 3 nitrogen and oxygen atoms in total. The van der Waals surface area contributed by atoms with Crippen LogP contribution in [0.4, 0.5) is 10.2 Å². The zero-order chi connectivity index (χ0) is 10.8. The highest BCUT2D eigenvalue weighted by atomic mass is 79.9. The highest BCUT2D eigenvalue weighted by Crippen LogP contribution is 2.23. The van der Waals surface area contributed by atoms with E-state index in [2.05, 4.69) is 26.1 Å². The zero-order valence-corrected chi connectivity index (χ0v) is 9.20. The van der Waals surface area contributed by atoms with Crippen LogP contribution in [0.5, 0.6) is 0 Å². The minimum atomic E-state index is -0.304. The molecule has 1 aromatic heterocycles. The molecule has 1 heterocycles. The first kappa shape index (κ1) is 10.0. The Kier molecular flexibility index (Phi) is 2.64. The van der Waals surface area contributed by atoms with Gasteiger partial charge in [0.2, 0.25) is 0 Å². The van der Waals surface area contributed by atoms with Crippen molar-refractivity contribution in [3.05, 3.63) is 40.6 Å². The van der Waals surface area contributed by atoms with Crippen molar-refractivity contribution in [2.24, 2.45) is 0 Å². The second-order valence-electron chi connectivity index (χ2n) is 2.97. The van der Waals surface area contributed by atoms with E-state index in [9.17, 15) is 4.39 Å². The Morgan fingerprint density at radius 3 is 2.53 bits per heavy atom. The molecule has 0 unspecified atom stereocenters. The van der Waals surface area contributed by atoms with Crippen molar-refractivity contribution >= 4 is 21.7 Å². The van der Waals surface area contributed by atoms with Crippen LogP contribution >= 0.6 is 15.9 Å². The Bertz CT molecular complexity index is 485. The summed E-state index contributed by atoms with van der Waals surface area (Å²) in [5, 5.41) is 7.63. The Hall–Kier alpha value is -1.49. The van der Waals surface area contributed by atoms with E-state index in [4.69, 9.17) is 5.73 Å². The Morgan fingerprint density at radius 1 is 1.13 bits per heavy atom. The van der Waals surface area contributed by atoms with Gasteiger partial charge in [-0.3, -0.25) is 0 Å². The number of nitrogens with two attached hydrogens (primary N) is 1. The van der Waals surface area contributed by atoms with E-state index in [0.29, 0.717) is 16.0 Å². The van der Waals surface area contributed by atoms with E-state index < -0.39 is 0 Å². The SMILES string of the molecule is Nc1ccc(-c2ccc(F)c(Br)c2)nn1. The van der Waals surface area contributed by atoms with Crippen molar-refractivity contribution < 1.29 is 4.39 Å². The van der Waals surface area contributed by atoms with E-state index >= 15 is 0 Å². The van der Waals surface area contributed by atoms with Crippen LogP contribution in [0.2, 0.25) is 0 Å². The Labute approximate surface area is 94.3 Å². The largest absolute Gasteiger partial charge is 0.382 e. The summed E-state index contributed by atoms with van der Waals surface area (Å²) in [6.07, 6.45) is 0. The van der Waals surface area contributed by atoms with Crippen LogP contribution in [0.25, 0.3) is 11.3 Å². The van der Waals surface area contributed by atoms with Gasteiger partial charge in [-0.2, -0.15) is 0 Å². The number of anilines is 1. The minimum Gasteiger partial charge on any atom is -0.382 e. The van der Waals surface area contributed by atoms with E-state index in [1.807, 2.05) is 0 Å². The van der Waals surface area contributed by atoms with Crippen LogP contribution in [0.15, 0.2) is 34.8 Å². The third-order valence-corrected chi connectivity index (χ3v) is 2.51. The number of aromatic nitrogens is 2. The van der Waals surface area contributed by atoms with Gasteiger partial charge >= 0.3 is 0 Å². The number of benzene rings is 1. The summed E-state index contributed by atoms with van der Waals surface area (Å²) in [7, 11) is 0. The van der Waals surface area contributed by atoms with Gasteiger partial charge in [0.1, 0.15) is 11.6 Å². The van der Waals surface area contributed by atoms with Gasteiger partial charge in [0.15, 0.2) is 0 Å². The maximum atomic E-state index is 13.0. The maximum absolute atomic E-state index is 13.0. The number of halogens is 2. The maximum Gasteiger partial charge on any atom is 0.146 e. The molecule has 76 valence electrons. The van der Waals surface area contributed by atoms with Gasteiger partial charge in [0.25, 0.3) is 0 Å². The third-order valence-electron chi connectivity index (χ3n) is 1.90. The summed E-state index contributed by atoms with van der Waals surface area (Å²) in [4.78, 5) is 0.